The minimum Gasteiger partial charge on any atom is -0.324 e. The van der Waals surface area contributed by atoms with Gasteiger partial charge in [-0.05, 0) is 50.1 Å². The summed E-state index contributed by atoms with van der Waals surface area (Å²) in [5.74, 6) is -0.0176. The van der Waals surface area contributed by atoms with Gasteiger partial charge < -0.3 is 5.32 Å². The molecule has 2 aromatic rings. The van der Waals surface area contributed by atoms with Crippen LogP contribution in [0.2, 0.25) is 5.02 Å². The molecule has 1 atom stereocenters. The summed E-state index contributed by atoms with van der Waals surface area (Å²) in [6.45, 7) is 2.57. The fourth-order valence-corrected chi connectivity index (χ4v) is 3.01. The molecular weight excluding hydrogens is 328 g/mol. The summed E-state index contributed by atoms with van der Waals surface area (Å²) in [6.07, 6.45) is 2.00. The van der Waals surface area contributed by atoms with Crippen molar-refractivity contribution in [3.05, 3.63) is 59.1 Å². The van der Waals surface area contributed by atoms with Crippen LogP contribution >= 0.6 is 23.4 Å². The standard InChI is InChI=1S/C18H21ClN2OS/c1-13(21(2)12-14-7-6-8-15(19)11-14)18(22)20-16-9-4-5-10-17(16)23-3/h4-11,13H,12H2,1-3H3,(H,20,22)/t13-/m1/s1. The molecule has 0 aliphatic heterocycles. The van der Waals surface area contributed by atoms with Crippen LogP contribution in [0.1, 0.15) is 12.5 Å². The number of carbonyl (C=O) groups excluding carboxylic acids is 1. The monoisotopic (exact) mass is 348 g/mol. The van der Waals surface area contributed by atoms with Crippen molar-refractivity contribution in [1.29, 1.82) is 0 Å². The van der Waals surface area contributed by atoms with Crippen LogP contribution in [0.25, 0.3) is 0 Å². The van der Waals surface area contributed by atoms with E-state index in [4.69, 9.17) is 11.6 Å². The van der Waals surface area contributed by atoms with Gasteiger partial charge in [-0.1, -0.05) is 35.9 Å². The average molecular weight is 349 g/mol. The van der Waals surface area contributed by atoms with Gasteiger partial charge in [0.2, 0.25) is 5.91 Å². The normalized spacial score (nSPS) is 12.2. The molecule has 1 amide bonds. The number of hydrogen-bond acceptors (Lipinski definition) is 3. The van der Waals surface area contributed by atoms with E-state index in [0.29, 0.717) is 11.6 Å². The molecule has 0 aromatic heterocycles. The van der Waals surface area contributed by atoms with Gasteiger partial charge in [-0.3, -0.25) is 9.69 Å². The maximum absolute atomic E-state index is 12.5. The molecule has 5 heteroatoms. The third-order valence-corrected chi connectivity index (χ3v) is 4.76. The Balaban J connectivity index is 2.01. The third kappa shape index (κ3) is 4.99. The van der Waals surface area contributed by atoms with E-state index < -0.39 is 0 Å². The topological polar surface area (TPSA) is 32.3 Å². The molecule has 23 heavy (non-hydrogen) atoms. The maximum Gasteiger partial charge on any atom is 0.241 e. The predicted octanol–water partition coefficient (Wildman–Crippen LogP) is 4.52. The fraction of sp³-hybridized carbons (Fsp3) is 0.278. The SMILES string of the molecule is CSc1ccccc1NC(=O)[C@@H](C)N(C)Cc1cccc(Cl)c1. The van der Waals surface area contributed by atoms with Gasteiger partial charge in [0.25, 0.3) is 0 Å². The number of likely N-dealkylation sites (N-methyl/N-ethyl adjacent to an activating group) is 1. The van der Waals surface area contributed by atoms with E-state index in [1.807, 2.05) is 73.7 Å². The van der Waals surface area contributed by atoms with Crippen LogP contribution in [-0.2, 0) is 11.3 Å². The molecule has 0 bridgehead atoms. The molecule has 1 N–H and O–H groups in total. The minimum absolute atomic E-state index is 0.0176. The summed E-state index contributed by atoms with van der Waals surface area (Å²) in [6, 6.07) is 15.3. The lowest BCUT2D eigenvalue weighted by Crippen LogP contribution is -2.39. The van der Waals surface area contributed by atoms with Crippen molar-refractivity contribution in [3.8, 4) is 0 Å². The predicted molar refractivity (Wildman–Crippen MR) is 99.2 cm³/mol. The lowest BCUT2D eigenvalue weighted by Gasteiger charge is -2.24. The molecule has 2 rings (SSSR count). The van der Waals surface area contributed by atoms with Crippen LogP contribution in [0.3, 0.4) is 0 Å². The number of thioether (sulfide) groups is 1. The van der Waals surface area contributed by atoms with Crippen molar-refractivity contribution < 1.29 is 4.79 Å². The van der Waals surface area contributed by atoms with Crippen LogP contribution in [0, 0.1) is 0 Å². The lowest BCUT2D eigenvalue weighted by atomic mass is 10.2. The Labute approximate surface area is 147 Å². The Hall–Kier alpha value is -1.49. The number of para-hydroxylation sites is 1. The second-order valence-corrected chi connectivity index (χ2v) is 6.70. The highest BCUT2D eigenvalue weighted by molar-refractivity contribution is 7.98. The van der Waals surface area contributed by atoms with Gasteiger partial charge in [0.1, 0.15) is 0 Å². The van der Waals surface area contributed by atoms with Gasteiger partial charge in [0.15, 0.2) is 0 Å². The molecule has 0 heterocycles. The van der Waals surface area contributed by atoms with E-state index in [1.165, 1.54) is 0 Å². The molecule has 2 aromatic carbocycles. The van der Waals surface area contributed by atoms with Gasteiger partial charge in [0, 0.05) is 16.5 Å². The number of anilines is 1. The number of halogens is 1. The van der Waals surface area contributed by atoms with Crippen molar-refractivity contribution >= 4 is 35.0 Å². The summed E-state index contributed by atoms with van der Waals surface area (Å²) < 4.78 is 0. The molecule has 0 saturated carbocycles. The second kappa shape index (κ2) is 8.39. The average Bonchev–Trinajstić information content (AvgIpc) is 2.54. The fourth-order valence-electron chi connectivity index (χ4n) is 2.25. The highest BCUT2D eigenvalue weighted by Gasteiger charge is 2.19. The second-order valence-electron chi connectivity index (χ2n) is 5.41. The van der Waals surface area contributed by atoms with E-state index >= 15 is 0 Å². The molecule has 0 radical (unpaired) electrons. The van der Waals surface area contributed by atoms with E-state index in [0.717, 1.165) is 16.1 Å². The van der Waals surface area contributed by atoms with Crippen LogP contribution in [0.5, 0.6) is 0 Å². The van der Waals surface area contributed by atoms with E-state index in [9.17, 15) is 4.79 Å². The van der Waals surface area contributed by atoms with Crippen molar-refractivity contribution in [3.63, 3.8) is 0 Å². The van der Waals surface area contributed by atoms with E-state index in [1.54, 1.807) is 11.8 Å². The summed E-state index contributed by atoms with van der Waals surface area (Å²) in [5.41, 5.74) is 1.94. The van der Waals surface area contributed by atoms with Gasteiger partial charge in [-0.25, -0.2) is 0 Å². The molecule has 3 nitrogen and oxygen atoms in total. The van der Waals surface area contributed by atoms with Gasteiger partial charge in [-0.2, -0.15) is 0 Å². The van der Waals surface area contributed by atoms with Crippen LogP contribution < -0.4 is 5.32 Å². The van der Waals surface area contributed by atoms with Crippen molar-refractivity contribution in [2.75, 3.05) is 18.6 Å². The minimum atomic E-state index is -0.246. The van der Waals surface area contributed by atoms with Crippen LogP contribution in [-0.4, -0.2) is 30.2 Å². The Morgan fingerprint density at radius 1 is 1.26 bits per heavy atom. The molecule has 0 spiro atoms. The number of nitrogens with one attached hydrogen (secondary N) is 1. The quantitative estimate of drug-likeness (QED) is 0.779. The molecular formula is C18H21ClN2OS. The van der Waals surface area contributed by atoms with Gasteiger partial charge >= 0.3 is 0 Å². The third-order valence-electron chi connectivity index (χ3n) is 3.73. The zero-order valence-electron chi connectivity index (χ0n) is 13.5. The van der Waals surface area contributed by atoms with E-state index in [-0.39, 0.29) is 11.9 Å². The van der Waals surface area contributed by atoms with Gasteiger partial charge in [-0.15, -0.1) is 11.8 Å². The smallest absolute Gasteiger partial charge is 0.241 e. The maximum atomic E-state index is 12.5. The lowest BCUT2D eigenvalue weighted by molar-refractivity contribution is -0.120. The number of rotatable bonds is 6. The number of carbonyl (C=O) groups is 1. The number of benzene rings is 2. The molecule has 0 aliphatic carbocycles. The summed E-state index contributed by atoms with van der Waals surface area (Å²) in [4.78, 5) is 15.6. The number of nitrogens with zero attached hydrogens (tertiary/aromatic N) is 1. The van der Waals surface area contributed by atoms with Crippen LogP contribution in [0.15, 0.2) is 53.4 Å². The number of amides is 1. The van der Waals surface area contributed by atoms with Crippen molar-refractivity contribution in [1.82, 2.24) is 4.90 Å². The first-order valence-electron chi connectivity index (χ1n) is 7.40. The van der Waals surface area contributed by atoms with Crippen LogP contribution in [0.4, 0.5) is 5.69 Å². The van der Waals surface area contributed by atoms with Gasteiger partial charge in [0.05, 0.1) is 11.7 Å². The highest BCUT2D eigenvalue weighted by atomic mass is 35.5. The summed E-state index contributed by atoms with van der Waals surface area (Å²) in [7, 11) is 1.94. The molecule has 122 valence electrons. The molecule has 0 fully saturated rings. The number of hydrogen-bond donors (Lipinski definition) is 1. The first-order chi connectivity index (χ1) is 11.0. The molecule has 0 saturated heterocycles. The molecule has 0 aliphatic rings. The molecule has 0 unspecified atom stereocenters. The Kier molecular flexibility index (Phi) is 6.51. The first-order valence-corrected chi connectivity index (χ1v) is 9.00. The van der Waals surface area contributed by atoms with E-state index in [2.05, 4.69) is 5.32 Å². The summed E-state index contributed by atoms with van der Waals surface area (Å²) in [5, 5.41) is 3.72. The first kappa shape index (κ1) is 17.9. The largest absolute Gasteiger partial charge is 0.324 e. The van der Waals surface area contributed by atoms with Crippen molar-refractivity contribution in [2.45, 2.75) is 24.4 Å². The zero-order valence-corrected chi connectivity index (χ0v) is 15.1. The Morgan fingerprint density at radius 3 is 2.70 bits per heavy atom. The Morgan fingerprint density at radius 2 is 2.00 bits per heavy atom. The zero-order chi connectivity index (χ0) is 16.8. The highest BCUT2D eigenvalue weighted by Crippen LogP contribution is 2.25. The Bertz CT molecular complexity index is 678. The summed E-state index contributed by atoms with van der Waals surface area (Å²) >= 11 is 7.63. The van der Waals surface area contributed by atoms with Crippen molar-refractivity contribution in [2.24, 2.45) is 0 Å².